The summed E-state index contributed by atoms with van der Waals surface area (Å²) in [6.07, 6.45) is 3.77. The number of thiophene rings is 1. The topological polar surface area (TPSA) is 47.1 Å². The molecule has 2 aliphatic rings. The molecule has 1 saturated carbocycles. The summed E-state index contributed by atoms with van der Waals surface area (Å²) in [5.74, 6) is 0.443. The Hall–Kier alpha value is -1.44. The SMILES string of the molecule is CC1(C)OB(C(F)=Cc2c(-c3cccs3)n[nH]c2C2CC2)OC1(C)C. The molecule has 25 heavy (non-hydrogen) atoms. The Bertz CT molecular complexity index is 793. The third-order valence-corrected chi connectivity index (χ3v) is 6.21. The van der Waals surface area contributed by atoms with Crippen LogP contribution in [-0.4, -0.2) is 28.5 Å². The van der Waals surface area contributed by atoms with Gasteiger partial charge >= 0.3 is 7.12 Å². The van der Waals surface area contributed by atoms with E-state index >= 15 is 4.39 Å². The predicted octanol–water partition coefficient (Wildman–Crippen LogP) is 4.96. The molecule has 2 fully saturated rings. The van der Waals surface area contributed by atoms with Crippen LogP contribution >= 0.6 is 11.3 Å². The number of nitrogens with zero attached hydrogens (tertiary/aromatic N) is 1. The zero-order valence-corrected chi connectivity index (χ0v) is 15.7. The van der Waals surface area contributed by atoms with Crippen LogP contribution in [-0.2, 0) is 9.31 Å². The molecule has 1 aliphatic carbocycles. The molecule has 0 bridgehead atoms. The van der Waals surface area contributed by atoms with Gasteiger partial charge in [-0.25, -0.2) is 4.39 Å². The molecule has 0 spiro atoms. The summed E-state index contributed by atoms with van der Waals surface area (Å²) >= 11 is 1.60. The van der Waals surface area contributed by atoms with E-state index in [-0.39, 0.29) is 0 Å². The molecule has 3 heterocycles. The Balaban J connectivity index is 1.70. The zero-order chi connectivity index (χ0) is 17.8. The Morgan fingerprint density at radius 1 is 1.32 bits per heavy atom. The summed E-state index contributed by atoms with van der Waals surface area (Å²) in [5.41, 5.74) is 1.08. The predicted molar refractivity (Wildman–Crippen MR) is 99.0 cm³/mol. The molecule has 132 valence electrons. The minimum atomic E-state index is -0.983. The van der Waals surface area contributed by atoms with Crippen molar-refractivity contribution < 1.29 is 13.7 Å². The van der Waals surface area contributed by atoms with Gasteiger partial charge in [0.15, 0.2) is 0 Å². The number of H-pyrrole nitrogens is 1. The number of hydrogen-bond acceptors (Lipinski definition) is 4. The fraction of sp³-hybridized carbons (Fsp3) is 0.500. The first-order chi connectivity index (χ1) is 11.8. The summed E-state index contributed by atoms with van der Waals surface area (Å²) in [6, 6.07) is 3.98. The second-order valence-electron chi connectivity index (χ2n) is 7.77. The largest absolute Gasteiger partial charge is 0.525 e. The molecule has 0 aromatic carbocycles. The molecular formula is C18H22BFN2O2S. The summed E-state index contributed by atoms with van der Waals surface area (Å²) in [4.78, 5) is 1.02. The summed E-state index contributed by atoms with van der Waals surface area (Å²) in [6.45, 7) is 7.69. The van der Waals surface area contributed by atoms with Gasteiger partial charge in [-0.2, -0.15) is 5.10 Å². The molecule has 2 aromatic rings. The number of hydrogen-bond donors (Lipinski definition) is 1. The van der Waals surface area contributed by atoms with Crippen molar-refractivity contribution >= 4 is 24.5 Å². The summed E-state index contributed by atoms with van der Waals surface area (Å²) < 4.78 is 26.7. The lowest BCUT2D eigenvalue weighted by atomic mass is 9.86. The highest BCUT2D eigenvalue weighted by molar-refractivity contribution is 7.13. The van der Waals surface area contributed by atoms with Crippen LogP contribution < -0.4 is 0 Å². The van der Waals surface area contributed by atoms with Gasteiger partial charge in [-0.3, -0.25) is 5.10 Å². The molecule has 7 heteroatoms. The third kappa shape index (κ3) is 2.98. The molecule has 0 radical (unpaired) electrons. The highest BCUT2D eigenvalue weighted by Crippen LogP contribution is 2.45. The Labute approximate surface area is 151 Å². The Morgan fingerprint density at radius 3 is 2.56 bits per heavy atom. The average molecular weight is 360 g/mol. The van der Waals surface area contributed by atoms with Crippen molar-refractivity contribution in [2.45, 2.75) is 57.7 Å². The van der Waals surface area contributed by atoms with E-state index < -0.39 is 24.0 Å². The van der Waals surface area contributed by atoms with Crippen LogP contribution in [0.5, 0.6) is 0 Å². The van der Waals surface area contributed by atoms with Crippen molar-refractivity contribution in [3.05, 3.63) is 34.5 Å². The van der Waals surface area contributed by atoms with Gasteiger partial charge < -0.3 is 9.31 Å². The van der Waals surface area contributed by atoms with Gasteiger partial charge in [0.1, 0.15) is 11.4 Å². The lowest BCUT2D eigenvalue weighted by Gasteiger charge is -2.32. The smallest absolute Gasteiger partial charge is 0.398 e. The third-order valence-electron chi connectivity index (χ3n) is 5.33. The van der Waals surface area contributed by atoms with Crippen molar-refractivity contribution in [1.82, 2.24) is 10.2 Å². The van der Waals surface area contributed by atoms with Crippen LogP contribution in [0.4, 0.5) is 4.39 Å². The Kier molecular flexibility index (Phi) is 3.94. The summed E-state index contributed by atoms with van der Waals surface area (Å²) in [5, 5.41) is 9.56. The molecule has 1 N–H and O–H groups in total. The number of aromatic nitrogens is 2. The number of nitrogens with one attached hydrogen (secondary N) is 1. The molecule has 1 saturated heterocycles. The molecule has 0 atom stereocenters. The fourth-order valence-corrected chi connectivity index (χ4v) is 3.68. The van der Waals surface area contributed by atoms with Crippen molar-refractivity contribution in [1.29, 1.82) is 0 Å². The lowest BCUT2D eigenvalue weighted by Crippen LogP contribution is -2.41. The van der Waals surface area contributed by atoms with Crippen LogP contribution in [0, 0.1) is 0 Å². The van der Waals surface area contributed by atoms with Crippen molar-refractivity contribution in [2.75, 3.05) is 0 Å². The fourth-order valence-electron chi connectivity index (χ4n) is 2.96. The highest BCUT2D eigenvalue weighted by atomic mass is 32.1. The Morgan fingerprint density at radius 2 is 2.00 bits per heavy atom. The van der Waals surface area contributed by atoms with Crippen LogP contribution in [0.15, 0.2) is 23.2 Å². The van der Waals surface area contributed by atoms with Gasteiger partial charge in [-0.1, -0.05) is 6.07 Å². The minimum absolute atomic E-state index is 0.417. The van der Waals surface area contributed by atoms with Gasteiger partial charge in [-0.05, 0) is 58.1 Å². The molecule has 4 rings (SSSR count). The van der Waals surface area contributed by atoms with Crippen molar-refractivity contribution in [2.24, 2.45) is 0 Å². The second-order valence-corrected chi connectivity index (χ2v) is 8.72. The van der Waals surface area contributed by atoms with E-state index in [1.807, 2.05) is 45.2 Å². The lowest BCUT2D eigenvalue weighted by molar-refractivity contribution is 0.00578. The van der Waals surface area contributed by atoms with E-state index in [1.165, 1.54) is 6.08 Å². The van der Waals surface area contributed by atoms with E-state index in [9.17, 15) is 0 Å². The quantitative estimate of drug-likeness (QED) is 0.784. The monoisotopic (exact) mass is 360 g/mol. The van der Waals surface area contributed by atoms with Crippen LogP contribution in [0.1, 0.15) is 57.7 Å². The maximum absolute atomic E-state index is 15.0. The second kappa shape index (κ2) is 5.79. The number of aromatic amines is 1. The first-order valence-electron chi connectivity index (χ1n) is 8.63. The normalized spacial score (nSPS) is 22.6. The molecule has 4 nitrogen and oxygen atoms in total. The number of rotatable bonds is 4. The van der Waals surface area contributed by atoms with Crippen molar-refractivity contribution in [3.8, 4) is 10.6 Å². The number of halogens is 1. The van der Waals surface area contributed by atoms with Crippen LogP contribution in [0.3, 0.4) is 0 Å². The van der Waals surface area contributed by atoms with E-state index in [0.29, 0.717) is 5.92 Å². The van der Waals surface area contributed by atoms with E-state index in [4.69, 9.17) is 9.31 Å². The molecular weight excluding hydrogens is 338 g/mol. The van der Waals surface area contributed by atoms with E-state index in [2.05, 4.69) is 10.2 Å². The minimum Gasteiger partial charge on any atom is -0.398 e. The molecule has 0 amide bonds. The van der Waals surface area contributed by atoms with E-state index in [1.54, 1.807) is 11.3 Å². The maximum Gasteiger partial charge on any atom is 0.525 e. The average Bonchev–Trinajstić information content (AvgIpc) is 2.98. The molecule has 0 unspecified atom stereocenters. The van der Waals surface area contributed by atoms with Gasteiger partial charge in [0.05, 0.1) is 16.1 Å². The van der Waals surface area contributed by atoms with E-state index in [0.717, 1.165) is 34.7 Å². The standard InChI is InChI=1S/C18H22BFN2O2S/c1-17(2)18(3,4)24-19(23-17)14(20)10-12-15(11-7-8-11)21-22-16(12)13-6-5-9-25-13/h5-6,9-11H,7-8H2,1-4H3,(H,21,22). The van der Waals surface area contributed by atoms with Crippen LogP contribution in [0.2, 0.25) is 0 Å². The van der Waals surface area contributed by atoms with Gasteiger partial charge in [0, 0.05) is 17.2 Å². The first-order valence-corrected chi connectivity index (χ1v) is 9.51. The van der Waals surface area contributed by atoms with Crippen molar-refractivity contribution in [3.63, 3.8) is 0 Å². The molecule has 2 aromatic heterocycles. The molecule has 1 aliphatic heterocycles. The summed E-state index contributed by atoms with van der Waals surface area (Å²) in [7, 11) is -0.983. The first kappa shape index (κ1) is 17.0. The van der Waals surface area contributed by atoms with Crippen LogP contribution in [0.25, 0.3) is 16.6 Å². The zero-order valence-electron chi connectivity index (χ0n) is 14.9. The maximum atomic E-state index is 15.0. The van der Waals surface area contributed by atoms with Gasteiger partial charge in [-0.15, -0.1) is 11.3 Å². The van der Waals surface area contributed by atoms with Gasteiger partial charge in [0.2, 0.25) is 0 Å². The van der Waals surface area contributed by atoms with Gasteiger partial charge in [0.25, 0.3) is 0 Å². The highest BCUT2D eigenvalue weighted by Gasteiger charge is 2.53.